The summed E-state index contributed by atoms with van der Waals surface area (Å²) >= 11 is 1.59. The second kappa shape index (κ2) is 5.30. The van der Waals surface area contributed by atoms with Gasteiger partial charge in [0.2, 0.25) is 5.91 Å². The minimum absolute atomic E-state index is 0.0127. The maximum absolute atomic E-state index is 11.4. The van der Waals surface area contributed by atoms with Gasteiger partial charge in [0.25, 0.3) is 0 Å². The number of carbonyl (C=O) groups excluding carboxylic acids is 1. The van der Waals surface area contributed by atoms with Gasteiger partial charge in [0, 0.05) is 23.5 Å². The van der Waals surface area contributed by atoms with Crippen molar-refractivity contribution in [2.45, 2.75) is 24.2 Å². The molecule has 1 heterocycles. The Kier molecular flexibility index (Phi) is 3.94. The third-order valence-corrected chi connectivity index (χ3v) is 4.18. The zero-order valence-electron chi connectivity index (χ0n) is 10.7. The van der Waals surface area contributed by atoms with Gasteiger partial charge in [-0.3, -0.25) is 4.79 Å². The molecule has 18 heavy (non-hydrogen) atoms. The number of anilines is 1. The van der Waals surface area contributed by atoms with Crippen molar-refractivity contribution in [2.24, 2.45) is 5.73 Å². The zero-order chi connectivity index (χ0) is 13.2. The highest BCUT2D eigenvalue weighted by Gasteiger charge is 2.23. The lowest BCUT2D eigenvalue weighted by atomic mass is 9.84. The predicted octanol–water partition coefficient (Wildman–Crippen LogP) is 1.51. The van der Waals surface area contributed by atoms with Crippen LogP contribution in [0.15, 0.2) is 23.1 Å². The van der Waals surface area contributed by atoms with E-state index in [0.29, 0.717) is 12.4 Å². The van der Waals surface area contributed by atoms with Gasteiger partial charge in [-0.25, -0.2) is 0 Å². The van der Waals surface area contributed by atoms with Gasteiger partial charge >= 0.3 is 0 Å². The molecule has 2 rings (SSSR count). The van der Waals surface area contributed by atoms with Gasteiger partial charge in [0.05, 0.1) is 11.4 Å². The predicted molar refractivity (Wildman–Crippen MR) is 75.9 cm³/mol. The Hall–Kier alpha value is -1.04. The standard InChI is InChI=1S/C13H19N3OS/c1-13(2,7-15-8-14)9-3-4-11-10(5-9)16-12(17)6-18-11/h3-5,15H,6-8,14H2,1-2H3,(H,16,17). The highest BCUT2D eigenvalue weighted by Crippen LogP contribution is 2.35. The molecule has 0 atom stereocenters. The summed E-state index contributed by atoms with van der Waals surface area (Å²) in [6.45, 7) is 5.61. The Morgan fingerprint density at radius 1 is 1.50 bits per heavy atom. The van der Waals surface area contributed by atoms with Gasteiger partial charge in [-0.2, -0.15) is 0 Å². The average molecular weight is 265 g/mol. The van der Waals surface area contributed by atoms with E-state index in [1.165, 1.54) is 5.56 Å². The molecule has 1 aliphatic rings. The second-order valence-electron chi connectivity index (χ2n) is 5.06. The van der Waals surface area contributed by atoms with Crippen LogP contribution in [0.1, 0.15) is 19.4 Å². The Bertz CT molecular complexity index is 460. The molecule has 1 aliphatic heterocycles. The van der Waals surface area contributed by atoms with E-state index in [0.717, 1.165) is 17.1 Å². The Balaban J connectivity index is 2.24. The molecule has 1 aromatic carbocycles. The molecule has 0 saturated carbocycles. The highest BCUT2D eigenvalue weighted by atomic mass is 32.2. The number of hydrogen-bond donors (Lipinski definition) is 3. The molecule has 0 unspecified atom stereocenters. The first-order valence-corrected chi connectivity index (χ1v) is 6.99. The molecule has 4 nitrogen and oxygen atoms in total. The fraction of sp³-hybridized carbons (Fsp3) is 0.462. The SMILES string of the molecule is CC(C)(CNCN)c1ccc2c(c1)NC(=O)CS2. The number of nitrogens with two attached hydrogens (primary N) is 1. The third-order valence-electron chi connectivity index (χ3n) is 3.11. The number of hydrogen-bond acceptors (Lipinski definition) is 4. The van der Waals surface area contributed by atoms with Crippen molar-refractivity contribution in [3.63, 3.8) is 0 Å². The van der Waals surface area contributed by atoms with E-state index in [9.17, 15) is 4.79 Å². The van der Waals surface area contributed by atoms with E-state index in [-0.39, 0.29) is 11.3 Å². The van der Waals surface area contributed by atoms with Crippen molar-refractivity contribution in [3.05, 3.63) is 23.8 Å². The summed E-state index contributed by atoms with van der Waals surface area (Å²) in [5.41, 5.74) is 7.58. The van der Waals surface area contributed by atoms with Gasteiger partial charge in [0.1, 0.15) is 0 Å². The molecule has 0 aromatic heterocycles. The lowest BCUT2D eigenvalue weighted by Crippen LogP contribution is -2.36. The molecule has 0 spiro atoms. The van der Waals surface area contributed by atoms with E-state index in [2.05, 4.69) is 42.7 Å². The molecule has 0 bridgehead atoms. The molecule has 0 fully saturated rings. The summed E-state index contributed by atoms with van der Waals surface area (Å²) in [6, 6.07) is 6.28. The lowest BCUT2D eigenvalue weighted by molar-refractivity contribution is -0.113. The van der Waals surface area contributed by atoms with Gasteiger partial charge in [-0.15, -0.1) is 11.8 Å². The Labute approximate surface area is 112 Å². The van der Waals surface area contributed by atoms with Gasteiger partial charge in [0.15, 0.2) is 0 Å². The van der Waals surface area contributed by atoms with Crippen LogP contribution < -0.4 is 16.4 Å². The summed E-state index contributed by atoms with van der Waals surface area (Å²) in [7, 11) is 0. The summed E-state index contributed by atoms with van der Waals surface area (Å²) in [4.78, 5) is 12.5. The lowest BCUT2D eigenvalue weighted by Gasteiger charge is -2.27. The molecule has 0 saturated heterocycles. The van der Waals surface area contributed by atoms with Crippen LogP contribution in [0.2, 0.25) is 0 Å². The maximum atomic E-state index is 11.4. The third kappa shape index (κ3) is 2.85. The smallest absolute Gasteiger partial charge is 0.234 e. The normalized spacial score (nSPS) is 15.2. The second-order valence-corrected chi connectivity index (χ2v) is 6.08. The van der Waals surface area contributed by atoms with Crippen molar-refractivity contribution in [1.29, 1.82) is 0 Å². The highest BCUT2D eigenvalue weighted by molar-refractivity contribution is 8.00. The van der Waals surface area contributed by atoms with Gasteiger partial charge in [-0.1, -0.05) is 19.9 Å². The number of amides is 1. The van der Waals surface area contributed by atoms with Crippen LogP contribution in [0.25, 0.3) is 0 Å². The topological polar surface area (TPSA) is 67.2 Å². The number of rotatable bonds is 4. The largest absolute Gasteiger partial charge is 0.324 e. The Morgan fingerprint density at radius 2 is 2.28 bits per heavy atom. The number of nitrogens with one attached hydrogen (secondary N) is 2. The van der Waals surface area contributed by atoms with Crippen LogP contribution in [0.5, 0.6) is 0 Å². The number of benzene rings is 1. The van der Waals surface area contributed by atoms with Crippen LogP contribution in [0.3, 0.4) is 0 Å². The average Bonchev–Trinajstić information content (AvgIpc) is 2.35. The quantitative estimate of drug-likeness (QED) is 0.722. The van der Waals surface area contributed by atoms with Crippen molar-refractivity contribution in [2.75, 3.05) is 24.3 Å². The van der Waals surface area contributed by atoms with Crippen LogP contribution >= 0.6 is 11.8 Å². The summed E-state index contributed by atoms with van der Waals surface area (Å²) in [5.74, 6) is 0.576. The van der Waals surface area contributed by atoms with Crippen LogP contribution in [-0.4, -0.2) is 24.9 Å². The number of fused-ring (bicyclic) bond motifs is 1. The first-order valence-electron chi connectivity index (χ1n) is 6.01. The molecular formula is C13H19N3OS. The molecule has 5 heteroatoms. The monoisotopic (exact) mass is 265 g/mol. The van der Waals surface area contributed by atoms with E-state index >= 15 is 0 Å². The van der Waals surface area contributed by atoms with E-state index in [4.69, 9.17) is 5.73 Å². The molecule has 1 amide bonds. The van der Waals surface area contributed by atoms with E-state index in [1.54, 1.807) is 11.8 Å². The summed E-state index contributed by atoms with van der Waals surface area (Å²) in [5, 5.41) is 6.08. The van der Waals surface area contributed by atoms with Crippen LogP contribution in [0, 0.1) is 0 Å². The van der Waals surface area contributed by atoms with E-state index in [1.807, 2.05) is 0 Å². The molecule has 98 valence electrons. The maximum Gasteiger partial charge on any atom is 0.234 e. The van der Waals surface area contributed by atoms with Gasteiger partial charge < -0.3 is 16.4 Å². The fourth-order valence-corrected chi connectivity index (χ4v) is 2.78. The minimum Gasteiger partial charge on any atom is -0.324 e. The van der Waals surface area contributed by atoms with Crippen molar-refractivity contribution < 1.29 is 4.79 Å². The zero-order valence-corrected chi connectivity index (χ0v) is 11.6. The Morgan fingerprint density at radius 3 is 3.00 bits per heavy atom. The minimum atomic E-state index is -0.0127. The summed E-state index contributed by atoms with van der Waals surface area (Å²) in [6.07, 6.45) is 0. The van der Waals surface area contributed by atoms with E-state index < -0.39 is 0 Å². The molecule has 1 aromatic rings. The molecule has 4 N–H and O–H groups in total. The van der Waals surface area contributed by atoms with Gasteiger partial charge in [-0.05, 0) is 17.7 Å². The van der Waals surface area contributed by atoms with Crippen molar-refractivity contribution in [3.8, 4) is 0 Å². The van der Waals surface area contributed by atoms with Crippen LogP contribution in [-0.2, 0) is 10.2 Å². The van der Waals surface area contributed by atoms with Crippen molar-refractivity contribution in [1.82, 2.24) is 5.32 Å². The number of carbonyl (C=O) groups is 1. The fourth-order valence-electron chi connectivity index (χ4n) is 1.99. The molecule has 0 aliphatic carbocycles. The molecule has 0 radical (unpaired) electrons. The first kappa shape index (κ1) is 13.4. The number of thioether (sulfide) groups is 1. The first-order chi connectivity index (χ1) is 8.53. The van der Waals surface area contributed by atoms with Crippen molar-refractivity contribution >= 4 is 23.4 Å². The van der Waals surface area contributed by atoms with Crippen LogP contribution in [0.4, 0.5) is 5.69 Å². The summed E-state index contributed by atoms with van der Waals surface area (Å²) < 4.78 is 0. The molecular weight excluding hydrogens is 246 g/mol.